The summed E-state index contributed by atoms with van der Waals surface area (Å²) in [6, 6.07) is 7.27. The highest BCUT2D eigenvalue weighted by Gasteiger charge is 2.10. The molecule has 0 spiro atoms. The van der Waals surface area contributed by atoms with Crippen LogP contribution in [0.5, 0.6) is 0 Å². The molecule has 0 saturated carbocycles. The van der Waals surface area contributed by atoms with E-state index in [0.29, 0.717) is 18.5 Å². The largest absolute Gasteiger partial charge is 0.385 e. The molecule has 6 heteroatoms. The first-order valence-corrected chi connectivity index (χ1v) is 6.85. The maximum Gasteiger partial charge on any atom is 0.275 e. The van der Waals surface area contributed by atoms with Gasteiger partial charge in [-0.25, -0.2) is 4.68 Å². The number of fused-ring (bicyclic) bond motifs is 1. The Kier molecular flexibility index (Phi) is 5.05. The summed E-state index contributed by atoms with van der Waals surface area (Å²) in [5, 5.41) is 8.35. The first-order valence-electron chi connectivity index (χ1n) is 6.85. The number of aryl methyl sites for hydroxylation is 1. The Hall–Kier alpha value is -2.21. The van der Waals surface area contributed by atoms with Crippen molar-refractivity contribution in [3.8, 4) is 0 Å². The highest BCUT2D eigenvalue weighted by atomic mass is 16.5. The molecule has 0 aliphatic heterocycles. The van der Waals surface area contributed by atoms with Crippen LogP contribution in [0.2, 0.25) is 0 Å². The van der Waals surface area contributed by atoms with Gasteiger partial charge in [0.2, 0.25) is 5.91 Å². The normalized spacial score (nSPS) is 10.8. The fourth-order valence-electron chi connectivity index (χ4n) is 2.15. The Bertz CT molecular complexity index is 694. The number of amides is 1. The summed E-state index contributed by atoms with van der Waals surface area (Å²) < 4.78 is 6.12. The second-order valence-corrected chi connectivity index (χ2v) is 4.79. The summed E-state index contributed by atoms with van der Waals surface area (Å²) in [6.07, 6.45) is 0.737. The number of ether oxygens (including phenoxy) is 1. The third-order valence-corrected chi connectivity index (χ3v) is 3.19. The van der Waals surface area contributed by atoms with Crippen LogP contribution in [0.15, 0.2) is 29.1 Å². The molecule has 1 N–H and O–H groups in total. The molecule has 112 valence electrons. The smallest absolute Gasteiger partial charge is 0.275 e. The van der Waals surface area contributed by atoms with Crippen LogP contribution >= 0.6 is 0 Å². The predicted molar refractivity (Wildman–Crippen MR) is 80.2 cm³/mol. The molecule has 2 aromatic rings. The summed E-state index contributed by atoms with van der Waals surface area (Å²) in [4.78, 5) is 24.1. The van der Waals surface area contributed by atoms with Crippen molar-refractivity contribution in [2.24, 2.45) is 0 Å². The summed E-state index contributed by atoms with van der Waals surface area (Å²) in [7, 11) is 1.61. The first kappa shape index (κ1) is 15.2. The number of hydrogen-bond acceptors (Lipinski definition) is 4. The van der Waals surface area contributed by atoms with Crippen LogP contribution in [0.1, 0.15) is 12.1 Å². The number of aromatic nitrogens is 2. The fraction of sp³-hybridized carbons (Fsp3) is 0.400. The molecule has 1 aromatic carbocycles. The van der Waals surface area contributed by atoms with Crippen LogP contribution < -0.4 is 10.9 Å². The molecule has 0 fully saturated rings. The molecular formula is C15H19N3O3. The minimum absolute atomic E-state index is 0.0719. The van der Waals surface area contributed by atoms with Gasteiger partial charge >= 0.3 is 0 Å². The monoisotopic (exact) mass is 289 g/mol. The number of benzene rings is 1. The standard InChI is InChI=1S/C15H19N3O3/c1-11-12-6-3-4-7-13(12)15(20)18(17-11)10-14(19)16-8-5-9-21-2/h3-4,6-7H,5,8-10H2,1-2H3,(H,16,19). The van der Waals surface area contributed by atoms with Gasteiger partial charge in [0.05, 0.1) is 11.1 Å². The SMILES string of the molecule is COCCCNC(=O)Cn1nc(C)c2ccccc2c1=O. The molecule has 1 aromatic heterocycles. The zero-order valence-electron chi connectivity index (χ0n) is 12.3. The highest BCUT2D eigenvalue weighted by molar-refractivity contribution is 5.83. The molecule has 2 rings (SSSR count). The van der Waals surface area contributed by atoms with Crippen molar-refractivity contribution in [2.45, 2.75) is 19.9 Å². The van der Waals surface area contributed by atoms with E-state index in [4.69, 9.17) is 4.74 Å². The van der Waals surface area contributed by atoms with Crippen molar-refractivity contribution >= 4 is 16.7 Å². The van der Waals surface area contributed by atoms with Crippen molar-refractivity contribution in [3.63, 3.8) is 0 Å². The predicted octanol–water partition coefficient (Wildman–Crippen LogP) is 0.858. The van der Waals surface area contributed by atoms with Crippen molar-refractivity contribution in [1.29, 1.82) is 0 Å². The average molecular weight is 289 g/mol. The molecule has 0 aliphatic carbocycles. The lowest BCUT2D eigenvalue weighted by atomic mass is 10.1. The zero-order chi connectivity index (χ0) is 15.2. The second kappa shape index (κ2) is 6.99. The number of hydrogen-bond donors (Lipinski definition) is 1. The maximum atomic E-state index is 12.3. The van der Waals surface area contributed by atoms with Gasteiger partial charge in [-0.1, -0.05) is 18.2 Å². The van der Waals surface area contributed by atoms with Gasteiger partial charge in [-0.05, 0) is 19.4 Å². The van der Waals surface area contributed by atoms with Crippen molar-refractivity contribution in [1.82, 2.24) is 15.1 Å². The molecule has 1 amide bonds. The molecule has 1 heterocycles. The van der Waals surface area contributed by atoms with Gasteiger partial charge in [0, 0.05) is 25.6 Å². The van der Waals surface area contributed by atoms with E-state index < -0.39 is 0 Å². The molecular weight excluding hydrogens is 270 g/mol. The van der Waals surface area contributed by atoms with Gasteiger partial charge in [-0.15, -0.1) is 0 Å². The van der Waals surface area contributed by atoms with Gasteiger partial charge in [0.1, 0.15) is 6.54 Å². The minimum Gasteiger partial charge on any atom is -0.385 e. The quantitative estimate of drug-likeness (QED) is 0.800. The van der Waals surface area contributed by atoms with Crippen molar-refractivity contribution in [2.75, 3.05) is 20.3 Å². The maximum absolute atomic E-state index is 12.3. The third kappa shape index (κ3) is 3.66. The Morgan fingerprint density at radius 3 is 2.76 bits per heavy atom. The van der Waals surface area contributed by atoms with Crippen LogP contribution in [0.4, 0.5) is 0 Å². The molecule has 0 unspecified atom stereocenters. The van der Waals surface area contributed by atoms with E-state index in [9.17, 15) is 9.59 Å². The number of carbonyl (C=O) groups excluding carboxylic acids is 1. The van der Waals surface area contributed by atoms with E-state index in [1.807, 2.05) is 19.1 Å². The number of rotatable bonds is 6. The molecule has 0 aliphatic rings. The van der Waals surface area contributed by atoms with E-state index in [1.54, 1.807) is 19.2 Å². The van der Waals surface area contributed by atoms with Crippen molar-refractivity contribution < 1.29 is 9.53 Å². The van der Waals surface area contributed by atoms with Crippen LogP contribution in [0, 0.1) is 6.92 Å². The van der Waals surface area contributed by atoms with Crippen LogP contribution in [-0.2, 0) is 16.1 Å². The highest BCUT2D eigenvalue weighted by Crippen LogP contribution is 2.11. The van der Waals surface area contributed by atoms with Gasteiger partial charge in [-0.3, -0.25) is 9.59 Å². The summed E-state index contributed by atoms with van der Waals surface area (Å²) in [6.45, 7) is 2.87. The summed E-state index contributed by atoms with van der Waals surface area (Å²) >= 11 is 0. The van der Waals surface area contributed by atoms with E-state index in [0.717, 1.165) is 17.5 Å². The Morgan fingerprint density at radius 2 is 2.05 bits per heavy atom. The van der Waals surface area contributed by atoms with Gasteiger partial charge in [-0.2, -0.15) is 5.10 Å². The topological polar surface area (TPSA) is 73.2 Å². The number of nitrogens with zero attached hydrogens (tertiary/aromatic N) is 2. The number of nitrogens with one attached hydrogen (secondary N) is 1. The minimum atomic E-state index is -0.247. The molecule has 0 saturated heterocycles. The fourth-order valence-corrected chi connectivity index (χ4v) is 2.15. The lowest BCUT2D eigenvalue weighted by Gasteiger charge is -2.09. The van der Waals surface area contributed by atoms with Gasteiger partial charge < -0.3 is 10.1 Å². The van der Waals surface area contributed by atoms with Gasteiger partial charge in [0.25, 0.3) is 5.56 Å². The van der Waals surface area contributed by atoms with Gasteiger partial charge in [0.15, 0.2) is 0 Å². The molecule has 21 heavy (non-hydrogen) atoms. The lowest BCUT2D eigenvalue weighted by molar-refractivity contribution is -0.121. The van der Waals surface area contributed by atoms with E-state index in [2.05, 4.69) is 10.4 Å². The number of carbonyl (C=O) groups is 1. The van der Waals surface area contributed by atoms with E-state index >= 15 is 0 Å². The molecule has 0 atom stereocenters. The Morgan fingerprint density at radius 1 is 1.33 bits per heavy atom. The second-order valence-electron chi connectivity index (χ2n) is 4.79. The summed E-state index contributed by atoms with van der Waals surface area (Å²) in [5.74, 6) is -0.226. The van der Waals surface area contributed by atoms with E-state index in [-0.39, 0.29) is 18.0 Å². The third-order valence-electron chi connectivity index (χ3n) is 3.19. The summed E-state index contributed by atoms with van der Waals surface area (Å²) in [5.41, 5.74) is 0.487. The molecule has 6 nitrogen and oxygen atoms in total. The Balaban J connectivity index is 2.14. The van der Waals surface area contributed by atoms with Crippen molar-refractivity contribution in [3.05, 3.63) is 40.3 Å². The number of methoxy groups -OCH3 is 1. The molecule has 0 bridgehead atoms. The first-order chi connectivity index (χ1) is 10.1. The van der Waals surface area contributed by atoms with Crippen LogP contribution in [-0.4, -0.2) is 35.9 Å². The van der Waals surface area contributed by atoms with Crippen LogP contribution in [0.25, 0.3) is 10.8 Å². The average Bonchev–Trinajstić information content (AvgIpc) is 2.49. The molecule has 0 radical (unpaired) electrons. The van der Waals surface area contributed by atoms with E-state index in [1.165, 1.54) is 4.68 Å². The lowest BCUT2D eigenvalue weighted by Crippen LogP contribution is -2.34. The van der Waals surface area contributed by atoms with Crippen LogP contribution in [0.3, 0.4) is 0 Å². The zero-order valence-corrected chi connectivity index (χ0v) is 12.3. The Labute approximate surface area is 122 Å².